The Morgan fingerprint density at radius 3 is 2.16 bits per heavy atom. The fourth-order valence-corrected chi connectivity index (χ4v) is 3.16. The van der Waals surface area contributed by atoms with E-state index in [0.29, 0.717) is 43.0 Å². The number of likely N-dealkylation sites (tertiary alicyclic amines) is 1. The number of rotatable bonds is 4. The van der Waals surface area contributed by atoms with E-state index in [2.05, 4.69) is 0 Å². The zero-order valence-electron chi connectivity index (χ0n) is 14.2. The molecule has 0 bridgehead atoms. The van der Waals surface area contributed by atoms with Gasteiger partial charge in [-0.05, 0) is 25.0 Å². The maximum absolute atomic E-state index is 12.7. The first-order valence-electron chi connectivity index (χ1n) is 8.04. The standard InChI is InChI=1S/C17H20N2O6/c1-23-13-7-11(8-14(9-13)24-2)16(21)18-5-3-12(4-6-18)19-15(20)10-25-17(19)22/h7-9,12H,3-6,10H2,1-2H3. The van der Waals surface area contributed by atoms with E-state index in [0.717, 1.165) is 0 Å². The van der Waals surface area contributed by atoms with E-state index in [4.69, 9.17) is 14.2 Å². The van der Waals surface area contributed by atoms with Gasteiger partial charge in [-0.1, -0.05) is 0 Å². The van der Waals surface area contributed by atoms with Gasteiger partial charge in [-0.3, -0.25) is 9.59 Å². The Labute approximate surface area is 145 Å². The first-order chi connectivity index (χ1) is 12.0. The zero-order valence-corrected chi connectivity index (χ0v) is 14.2. The van der Waals surface area contributed by atoms with Gasteiger partial charge in [0.05, 0.1) is 14.2 Å². The number of carbonyl (C=O) groups is 3. The molecule has 0 aliphatic carbocycles. The van der Waals surface area contributed by atoms with Crippen LogP contribution in [0.2, 0.25) is 0 Å². The molecule has 134 valence electrons. The number of cyclic esters (lactones) is 1. The van der Waals surface area contributed by atoms with Crippen LogP contribution in [0.3, 0.4) is 0 Å². The highest BCUT2D eigenvalue weighted by molar-refractivity contribution is 5.98. The summed E-state index contributed by atoms with van der Waals surface area (Å²) in [6.07, 6.45) is 0.480. The van der Waals surface area contributed by atoms with Crippen LogP contribution in [0.4, 0.5) is 4.79 Å². The SMILES string of the molecule is COc1cc(OC)cc(C(=O)N2CCC(N3C(=O)COC3=O)CC2)c1. The van der Waals surface area contributed by atoms with Crippen molar-refractivity contribution in [3.8, 4) is 11.5 Å². The van der Waals surface area contributed by atoms with Gasteiger partial charge in [0.1, 0.15) is 11.5 Å². The Morgan fingerprint density at radius 2 is 1.68 bits per heavy atom. The van der Waals surface area contributed by atoms with Crippen LogP contribution in [-0.2, 0) is 9.53 Å². The first kappa shape index (κ1) is 17.1. The molecule has 2 saturated heterocycles. The van der Waals surface area contributed by atoms with E-state index in [-0.39, 0.29) is 24.5 Å². The Kier molecular flexibility index (Phi) is 4.78. The van der Waals surface area contributed by atoms with Gasteiger partial charge in [0.2, 0.25) is 0 Å². The third-order valence-electron chi connectivity index (χ3n) is 4.50. The normalized spacial score (nSPS) is 18.3. The summed E-state index contributed by atoms with van der Waals surface area (Å²) in [7, 11) is 3.06. The van der Waals surface area contributed by atoms with Crippen LogP contribution in [0.1, 0.15) is 23.2 Å². The molecule has 3 amide bonds. The highest BCUT2D eigenvalue weighted by Gasteiger charge is 2.39. The molecule has 1 aromatic carbocycles. The van der Waals surface area contributed by atoms with Gasteiger partial charge in [0, 0.05) is 30.8 Å². The number of nitrogens with zero attached hydrogens (tertiary/aromatic N) is 2. The van der Waals surface area contributed by atoms with Crippen molar-refractivity contribution in [2.24, 2.45) is 0 Å². The molecular formula is C17H20N2O6. The van der Waals surface area contributed by atoms with Crippen LogP contribution in [0, 0.1) is 0 Å². The monoisotopic (exact) mass is 348 g/mol. The largest absolute Gasteiger partial charge is 0.497 e. The molecule has 8 heteroatoms. The summed E-state index contributed by atoms with van der Waals surface area (Å²) in [5.41, 5.74) is 0.478. The van der Waals surface area contributed by atoms with Gasteiger partial charge in [-0.25, -0.2) is 9.69 Å². The summed E-state index contributed by atoms with van der Waals surface area (Å²) in [6, 6.07) is 4.82. The predicted octanol–water partition coefficient (Wildman–Crippen LogP) is 1.29. The number of benzene rings is 1. The summed E-state index contributed by atoms with van der Waals surface area (Å²) < 4.78 is 15.1. The number of piperidine rings is 1. The second-order valence-corrected chi connectivity index (χ2v) is 5.94. The third kappa shape index (κ3) is 3.38. The molecule has 3 rings (SSSR count). The van der Waals surface area contributed by atoms with Crippen LogP contribution >= 0.6 is 0 Å². The molecule has 2 heterocycles. The van der Waals surface area contributed by atoms with Crippen molar-refractivity contribution in [3.63, 3.8) is 0 Å². The highest BCUT2D eigenvalue weighted by Crippen LogP contribution is 2.26. The molecule has 0 unspecified atom stereocenters. The van der Waals surface area contributed by atoms with Gasteiger partial charge in [0.15, 0.2) is 6.61 Å². The van der Waals surface area contributed by atoms with Gasteiger partial charge in [-0.2, -0.15) is 0 Å². The number of carbonyl (C=O) groups excluding carboxylic acids is 3. The maximum Gasteiger partial charge on any atom is 0.417 e. The smallest absolute Gasteiger partial charge is 0.417 e. The molecule has 0 atom stereocenters. The molecular weight excluding hydrogens is 328 g/mol. The first-order valence-corrected chi connectivity index (χ1v) is 8.04. The second kappa shape index (κ2) is 7.00. The molecule has 0 spiro atoms. The topological polar surface area (TPSA) is 85.4 Å². The van der Waals surface area contributed by atoms with Crippen LogP contribution < -0.4 is 9.47 Å². The van der Waals surface area contributed by atoms with Crippen molar-refractivity contribution in [2.75, 3.05) is 33.9 Å². The molecule has 0 saturated carbocycles. The Bertz CT molecular complexity index is 658. The number of hydrogen-bond acceptors (Lipinski definition) is 6. The van der Waals surface area contributed by atoms with Gasteiger partial charge >= 0.3 is 6.09 Å². The predicted molar refractivity (Wildman–Crippen MR) is 86.7 cm³/mol. The summed E-state index contributed by atoms with van der Waals surface area (Å²) >= 11 is 0. The lowest BCUT2D eigenvalue weighted by atomic mass is 10.0. The van der Waals surface area contributed by atoms with E-state index in [1.165, 1.54) is 19.1 Å². The van der Waals surface area contributed by atoms with Gasteiger partial charge in [-0.15, -0.1) is 0 Å². The summed E-state index contributed by atoms with van der Waals surface area (Å²) in [4.78, 5) is 39.0. The fourth-order valence-electron chi connectivity index (χ4n) is 3.16. The van der Waals surface area contributed by atoms with E-state index >= 15 is 0 Å². The molecule has 0 radical (unpaired) electrons. The zero-order chi connectivity index (χ0) is 18.0. The fraction of sp³-hybridized carbons (Fsp3) is 0.471. The van der Waals surface area contributed by atoms with E-state index in [1.807, 2.05) is 0 Å². The quantitative estimate of drug-likeness (QED) is 0.815. The minimum atomic E-state index is -0.590. The van der Waals surface area contributed by atoms with Crippen LogP contribution in [-0.4, -0.2) is 67.7 Å². The van der Waals surface area contributed by atoms with Crippen molar-refractivity contribution < 1.29 is 28.6 Å². The van der Waals surface area contributed by atoms with Crippen molar-refractivity contribution in [1.29, 1.82) is 0 Å². The molecule has 8 nitrogen and oxygen atoms in total. The molecule has 25 heavy (non-hydrogen) atoms. The lowest BCUT2D eigenvalue weighted by Crippen LogP contribution is -2.48. The summed E-state index contributed by atoms with van der Waals surface area (Å²) in [6.45, 7) is 0.724. The number of ether oxygens (including phenoxy) is 3. The Hall–Kier alpha value is -2.77. The van der Waals surface area contributed by atoms with Crippen molar-refractivity contribution >= 4 is 17.9 Å². The van der Waals surface area contributed by atoms with Crippen molar-refractivity contribution in [1.82, 2.24) is 9.80 Å². The van der Waals surface area contributed by atoms with E-state index in [1.54, 1.807) is 23.1 Å². The molecule has 2 aliphatic heterocycles. The maximum atomic E-state index is 12.7. The summed E-state index contributed by atoms with van der Waals surface area (Å²) in [5.74, 6) is 0.643. The molecule has 2 aliphatic rings. The van der Waals surface area contributed by atoms with Crippen LogP contribution in [0.15, 0.2) is 18.2 Å². The third-order valence-corrected chi connectivity index (χ3v) is 4.50. The number of hydrogen-bond donors (Lipinski definition) is 0. The number of imide groups is 1. The minimum Gasteiger partial charge on any atom is -0.497 e. The average Bonchev–Trinajstić information content (AvgIpc) is 2.99. The molecule has 2 fully saturated rings. The second-order valence-electron chi connectivity index (χ2n) is 5.94. The van der Waals surface area contributed by atoms with Gasteiger partial charge < -0.3 is 19.1 Å². The highest BCUT2D eigenvalue weighted by atomic mass is 16.6. The lowest BCUT2D eigenvalue weighted by Gasteiger charge is -2.34. The minimum absolute atomic E-state index is 0.133. The molecule has 1 aromatic rings. The average molecular weight is 348 g/mol. The summed E-state index contributed by atoms with van der Waals surface area (Å²) in [5, 5.41) is 0. The Balaban J connectivity index is 1.67. The number of amides is 3. The van der Waals surface area contributed by atoms with Crippen molar-refractivity contribution in [2.45, 2.75) is 18.9 Å². The lowest BCUT2D eigenvalue weighted by molar-refractivity contribution is -0.127. The van der Waals surface area contributed by atoms with Crippen LogP contribution in [0.25, 0.3) is 0 Å². The Morgan fingerprint density at radius 1 is 1.08 bits per heavy atom. The molecule has 0 N–H and O–H groups in total. The van der Waals surface area contributed by atoms with Crippen LogP contribution in [0.5, 0.6) is 11.5 Å². The number of methoxy groups -OCH3 is 2. The van der Waals surface area contributed by atoms with Crippen molar-refractivity contribution in [3.05, 3.63) is 23.8 Å². The molecule has 0 aromatic heterocycles. The van der Waals surface area contributed by atoms with E-state index in [9.17, 15) is 14.4 Å². The van der Waals surface area contributed by atoms with E-state index < -0.39 is 6.09 Å². The van der Waals surface area contributed by atoms with Gasteiger partial charge in [0.25, 0.3) is 11.8 Å².